The highest BCUT2D eigenvalue weighted by Gasteiger charge is 2.23. The summed E-state index contributed by atoms with van der Waals surface area (Å²) in [6.45, 7) is 6.61. The first-order chi connectivity index (χ1) is 8.39. The zero-order valence-electron chi connectivity index (χ0n) is 11.2. The van der Waals surface area contributed by atoms with E-state index in [1.54, 1.807) is 25.1 Å². The molecule has 0 bridgehead atoms. The van der Waals surface area contributed by atoms with Crippen molar-refractivity contribution >= 4 is 11.9 Å². The van der Waals surface area contributed by atoms with Gasteiger partial charge in [-0.3, -0.25) is 4.99 Å². The smallest absolute Gasteiger partial charge is 0.270 e. The average Bonchev–Trinajstić information content (AvgIpc) is 2.31. The fourth-order valence-electron chi connectivity index (χ4n) is 1.08. The number of halogens is 2. The second kappa shape index (κ2) is 7.58. The molecule has 1 rings (SSSR count). The maximum Gasteiger partial charge on any atom is 0.270 e. The third kappa shape index (κ3) is 6.13. The molecule has 0 heterocycles. The van der Waals surface area contributed by atoms with Gasteiger partial charge in [0.1, 0.15) is 0 Å². The first kappa shape index (κ1) is 16.3. The van der Waals surface area contributed by atoms with Crippen molar-refractivity contribution in [1.29, 1.82) is 0 Å². The minimum Gasteiger partial charge on any atom is -0.402 e. The molecular formula is C14H20F2N2. The molecule has 0 amide bonds. The van der Waals surface area contributed by atoms with Crippen molar-refractivity contribution < 1.29 is 8.78 Å². The van der Waals surface area contributed by atoms with Gasteiger partial charge in [-0.25, -0.2) is 8.78 Å². The van der Waals surface area contributed by atoms with Crippen molar-refractivity contribution in [1.82, 2.24) is 0 Å². The predicted octanol–water partition coefficient (Wildman–Crippen LogP) is 4.39. The van der Waals surface area contributed by atoms with Crippen LogP contribution in [0, 0.1) is 0 Å². The Morgan fingerprint density at radius 1 is 1.22 bits per heavy atom. The normalized spacial score (nSPS) is 12.2. The van der Waals surface area contributed by atoms with Gasteiger partial charge in [-0.1, -0.05) is 26.0 Å². The van der Waals surface area contributed by atoms with Crippen molar-refractivity contribution in [3.05, 3.63) is 41.6 Å². The summed E-state index contributed by atoms with van der Waals surface area (Å²) in [6, 6.07) is 5.82. The second-order valence-corrected chi connectivity index (χ2v) is 3.62. The largest absolute Gasteiger partial charge is 0.402 e. The van der Waals surface area contributed by atoms with Crippen LogP contribution >= 0.6 is 0 Å². The molecule has 0 saturated heterocycles. The number of alkyl halides is 2. The van der Waals surface area contributed by atoms with Crippen LogP contribution in [0.1, 0.15) is 33.3 Å². The summed E-state index contributed by atoms with van der Waals surface area (Å²) < 4.78 is 25.8. The topological polar surface area (TPSA) is 38.4 Å². The number of hydrogen-bond acceptors (Lipinski definition) is 2. The summed E-state index contributed by atoms with van der Waals surface area (Å²) in [5.41, 5.74) is 6.65. The van der Waals surface area contributed by atoms with E-state index in [1.807, 2.05) is 13.8 Å². The van der Waals surface area contributed by atoms with Gasteiger partial charge < -0.3 is 5.73 Å². The lowest BCUT2D eigenvalue weighted by Gasteiger charge is -2.09. The molecule has 2 N–H and O–H groups in total. The van der Waals surface area contributed by atoms with Gasteiger partial charge in [0, 0.05) is 24.4 Å². The van der Waals surface area contributed by atoms with Crippen LogP contribution in [0.5, 0.6) is 0 Å². The van der Waals surface area contributed by atoms with Crippen LogP contribution in [-0.2, 0) is 5.92 Å². The van der Waals surface area contributed by atoms with E-state index in [1.165, 1.54) is 18.3 Å². The Morgan fingerprint density at radius 3 is 2.11 bits per heavy atom. The standard InChI is InChI=1S/C12H14F2N2.C2H6/c1-9(15)7-8-16-11-5-3-10(4-6-11)12(2,13)14;1-2/h3-8H,15H2,1-2H3;1-2H3/b9-7-,16-8?;. The van der Waals surface area contributed by atoms with Crippen molar-refractivity contribution in [3.63, 3.8) is 0 Å². The van der Waals surface area contributed by atoms with Crippen LogP contribution in [0.3, 0.4) is 0 Å². The molecule has 2 nitrogen and oxygen atoms in total. The van der Waals surface area contributed by atoms with Gasteiger partial charge in [0.25, 0.3) is 5.92 Å². The van der Waals surface area contributed by atoms with Crippen LogP contribution in [0.4, 0.5) is 14.5 Å². The first-order valence-electron chi connectivity index (χ1n) is 5.84. The summed E-state index contributed by atoms with van der Waals surface area (Å²) in [7, 11) is 0. The maximum absolute atomic E-state index is 12.9. The number of nitrogens with zero attached hydrogens (tertiary/aromatic N) is 1. The molecule has 0 aliphatic rings. The van der Waals surface area contributed by atoms with Gasteiger partial charge in [-0.05, 0) is 25.1 Å². The molecule has 4 heteroatoms. The Kier molecular flexibility index (Phi) is 6.86. The molecule has 1 aromatic carbocycles. The van der Waals surface area contributed by atoms with Crippen LogP contribution in [0.25, 0.3) is 0 Å². The number of allylic oxidation sites excluding steroid dienone is 2. The molecular weight excluding hydrogens is 234 g/mol. The molecule has 0 aliphatic carbocycles. The average molecular weight is 254 g/mol. The lowest BCUT2D eigenvalue weighted by Crippen LogP contribution is -2.05. The van der Waals surface area contributed by atoms with E-state index in [0.29, 0.717) is 11.4 Å². The van der Waals surface area contributed by atoms with Gasteiger partial charge in [0.15, 0.2) is 0 Å². The Bertz CT molecular complexity index is 397. The molecule has 0 saturated carbocycles. The first-order valence-corrected chi connectivity index (χ1v) is 5.84. The van der Waals surface area contributed by atoms with Crippen molar-refractivity contribution in [2.24, 2.45) is 10.7 Å². The Balaban J connectivity index is 0.00000137. The molecule has 18 heavy (non-hydrogen) atoms. The van der Waals surface area contributed by atoms with Gasteiger partial charge in [0.2, 0.25) is 0 Å². The summed E-state index contributed by atoms with van der Waals surface area (Å²) in [6.07, 6.45) is 3.18. The Labute approximate surface area is 107 Å². The van der Waals surface area contributed by atoms with E-state index in [-0.39, 0.29) is 5.56 Å². The summed E-state index contributed by atoms with van der Waals surface area (Å²) >= 11 is 0. The number of rotatable bonds is 3. The summed E-state index contributed by atoms with van der Waals surface area (Å²) in [5, 5.41) is 0. The van der Waals surface area contributed by atoms with E-state index < -0.39 is 5.92 Å². The number of nitrogens with two attached hydrogens (primary N) is 1. The van der Waals surface area contributed by atoms with E-state index in [2.05, 4.69) is 4.99 Å². The second-order valence-electron chi connectivity index (χ2n) is 3.62. The molecule has 0 aromatic heterocycles. The van der Waals surface area contributed by atoms with Crippen molar-refractivity contribution in [2.45, 2.75) is 33.6 Å². The van der Waals surface area contributed by atoms with Crippen molar-refractivity contribution in [3.8, 4) is 0 Å². The molecule has 0 radical (unpaired) electrons. The third-order valence-electron chi connectivity index (χ3n) is 1.94. The minimum atomic E-state index is -2.81. The zero-order chi connectivity index (χ0) is 14.2. The van der Waals surface area contributed by atoms with E-state index in [0.717, 1.165) is 6.92 Å². The van der Waals surface area contributed by atoms with Gasteiger partial charge in [0.05, 0.1) is 5.69 Å². The highest BCUT2D eigenvalue weighted by Crippen LogP contribution is 2.28. The highest BCUT2D eigenvalue weighted by molar-refractivity contribution is 5.75. The Morgan fingerprint density at radius 2 is 1.72 bits per heavy atom. The van der Waals surface area contributed by atoms with Crippen LogP contribution < -0.4 is 5.73 Å². The molecule has 0 unspecified atom stereocenters. The van der Waals surface area contributed by atoms with E-state index in [4.69, 9.17) is 5.73 Å². The van der Waals surface area contributed by atoms with Gasteiger partial charge >= 0.3 is 0 Å². The van der Waals surface area contributed by atoms with Gasteiger partial charge in [-0.2, -0.15) is 0 Å². The number of hydrogen-bond donors (Lipinski definition) is 1. The zero-order valence-corrected chi connectivity index (χ0v) is 11.2. The van der Waals surface area contributed by atoms with Crippen LogP contribution in [-0.4, -0.2) is 6.21 Å². The number of aliphatic imine (C=N–C) groups is 1. The fraction of sp³-hybridized carbons (Fsp3) is 0.357. The molecule has 100 valence electrons. The van der Waals surface area contributed by atoms with Gasteiger partial charge in [-0.15, -0.1) is 0 Å². The predicted molar refractivity (Wildman–Crippen MR) is 73.5 cm³/mol. The molecule has 1 aromatic rings. The lowest BCUT2D eigenvalue weighted by molar-refractivity contribution is 0.0175. The summed E-state index contributed by atoms with van der Waals surface area (Å²) in [5.74, 6) is -2.81. The molecule has 0 atom stereocenters. The maximum atomic E-state index is 12.9. The third-order valence-corrected chi connectivity index (χ3v) is 1.94. The monoisotopic (exact) mass is 254 g/mol. The SMILES string of the molecule is C/C(N)=C/C=Nc1ccc(C(C)(F)F)cc1.CC. The van der Waals surface area contributed by atoms with E-state index >= 15 is 0 Å². The Hall–Kier alpha value is -1.71. The molecule has 0 aliphatic heterocycles. The van der Waals surface area contributed by atoms with Crippen LogP contribution in [0.2, 0.25) is 0 Å². The van der Waals surface area contributed by atoms with Crippen molar-refractivity contribution in [2.75, 3.05) is 0 Å². The van der Waals surface area contributed by atoms with Crippen LogP contribution in [0.15, 0.2) is 41.0 Å². The minimum absolute atomic E-state index is 0.0167. The highest BCUT2D eigenvalue weighted by atomic mass is 19.3. The fourth-order valence-corrected chi connectivity index (χ4v) is 1.08. The lowest BCUT2D eigenvalue weighted by atomic mass is 10.1. The quantitative estimate of drug-likeness (QED) is 0.798. The van der Waals surface area contributed by atoms with E-state index in [9.17, 15) is 8.78 Å². The molecule has 0 spiro atoms. The molecule has 0 fully saturated rings. The number of benzene rings is 1. The summed E-state index contributed by atoms with van der Waals surface area (Å²) in [4.78, 5) is 4.04.